The molecule has 0 bridgehead atoms. The Balaban J connectivity index is 1.53. The number of nitrogens with zero attached hydrogens (tertiary/aromatic N) is 2. The number of carbonyl (C=O) groups is 2. The van der Waals surface area contributed by atoms with E-state index in [0.29, 0.717) is 23.9 Å². The number of rotatable bonds is 3. The van der Waals surface area contributed by atoms with Gasteiger partial charge in [-0.15, -0.1) is 0 Å². The first-order valence-electron chi connectivity index (χ1n) is 13.8. The lowest BCUT2D eigenvalue weighted by atomic mass is 9.81. The summed E-state index contributed by atoms with van der Waals surface area (Å²) in [5, 5.41) is 10.9. The Hall–Kier alpha value is -3.08. The highest BCUT2D eigenvalue weighted by Gasteiger charge is 2.35. The standard InChI is InChI=1S/C31H36N2O3/c1-20-13-15-32(16-14-20)30(34)24-17-22-9-5-6-10-25(22)29-28(21-7-3-2-4-8-21)26-12-11-23(31(35)36)18-27(26)33(29)19-24/h5-6,9-12,18,20-21,24H,2-4,7-8,13-17,19H2,1H3,(H,35,36). The second kappa shape index (κ2) is 9.42. The van der Waals surface area contributed by atoms with Gasteiger partial charge >= 0.3 is 5.97 Å². The highest BCUT2D eigenvalue weighted by atomic mass is 16.4. The van der Waals surface area contributed by atoms with E-state index in [0.717, 1.165) is 43.3 Å². The highest BCUT2D eigenvalue weighted by Crippen LogP contribution is 2.46. The lowest BCUT2D eigenvalue weighted by molar-refractivity contribution is -0.137. The van der Waals surface area contributed by atoms with Crippen LogP contribution in [0, 0.1) is 11.8 Å². The summed E-state index contributed by atoms with van der Waals surface area (Å²) in [4.78, 5) is 27.9. The number of amides is 1. The van der Waals surface area contributed by atoms with Crippen LogP contribution < -0.4 is 0 Å². The topological polar surface area (TPSA) is 62.5 Å². The van der Waals surface area contributed by atoms with Crippen LogP contribution in [0.5, 0.6) is 0 Å². The zero-order valence-electron chi connectivity index (χ0n) is 21.2. The molecule has 5 nitrogen and oxygen atoms in total. The van der Waals surface area contributed by atoms with Gasteiger partial charge in [-0.3, -0.25) is 4.79 Å². The fourth-order valence-electron chi connectivity index (χ4n) is 6.93. The molecule has 3 heterocycles. The van der Waals surface area contributed by atoms with E-state index in [-0.39, 0.29) is 11.8 Å². The molecule has 1 unspecified atom stereocenters. The summed E-state index contributed by atoms with van der Waals surface area (Å²) < 4.78 is 2.31. The normalized spacial score (nSPS) is 21.1. The van der Waals surface area contributed by atoms with E-state index >= 15 is 0 Å². The van der Waals surface area contributed by atoms with Crippen molar-refractivity contribution in [2.45, 2.75) is 70.8 Å². The van der Waals surface area contributed by atoms with Crippen LogP contribution in [0.4, 0.5) is 0 Å². The average molecular weight is 485 g/mol. The van der Waals surface area contributed by atoms with Crippen molar-refractivity contribution in [2.24, 2.45) is 11.8 Å². The number of piperidine rings is 1. The summed E-state index contributed by atoms with van der Waals surface area (Å²) in [5.74, 6) is 0.341. The van der Waals surface area contributed by atoms with Gasteiger partial charge < -0.3 is 14.6 Å². The van der Waals surface area contributed by atoms with Gasteiger partial charge in [0.15, 0.2) is 0 Å². The molecule has 6 rings (SSSR count). The lowest BCUT2D eigenvalue weighted by Gasteiger charge is -2.33. The molecule has 1 aliphatic carbocycles. The molecule has 1 N–H and O–H groups in total. The predicted molar refractivity (Wildman–Crippen MR) is 142 cm³/mol. The van der Waals surface area contributed by atoms with Gasteiger partial charge in [-0.1, -0.05) is 56.5 Å². The molecule has 2 aliphatic heterocycles. The largest absolute Gasteiger partial charge is 0.478 e. The van der Waals surface area contributed by atoms with E-state index in [1.165, 1.54) is 54.5 Å². The molecule has 1 atom stereocenters. The van der Waals surface area contributed by atoms with Gasteiger partial charge in [0.25, 0.3) is 0 Å². The highest BCUT2D eigenvalue weighted by molar-refractivity contribution is 5.99. The van der Waals surface area contributed by atoms with E-state index in [1.807, 2.05) is 12.1 Å². The van der Waals surface area contributed by atoms with E-state index in [9.17, 15) is 14.7 Å². The fraction of sp³-hybridized carbons (Fsp3) is 0.484. The molecule has 188 valence electrons. The zero-order chi connectivity index (χ0) is 24.8. The number of carboxylic acids is 1. The number of hydrogen-bond donors (Lipinski definition) is 1. The first-order valence-corrected chi connectivity index (χ1v) is 13.8. The Labute approximate surface area is 213 Å². The SMILES string of the molecule is CC1CCN(C(=O)C2Cc3ccccc3-c3c(C4CCCCC4)c4ccc(C(=O)O)cc4n3C2)CC1. The molecule has 5 heteroatoms. The Bertz CT molecular complexity index is 1310. The second-order valence-electron chi connectivity index (χ2n) is 11.3. The van der Waals surface area contributed by atoms with E-state index < -0.39 is 5.97 Å². The molecule has 1 amide bonds. The van der Waals surface area contributed by atoms with Crippen molar-refractivity contribution in [1.82, 2.24) is 9.47 Å². The van der Waals surface area contributed by atoms with Crippen LogP contribution in [0.25, 0.3) is 22.2 Å². The Morgan fingerprint density at radius 3 is 2.44 bits per heavy atom. The minimum absolute atomic E-state index is 0.149. The number of aromatic carboxylic acids is 1. The summed E-state index contributed by atoms with van der Waals surface area (Å²) in [6.45, 7) is 4.55. The molecule has 2 aromatic carbocycles. The maximum Gasteiger partial charge on any atom is 0.335 e. The molecule has 0 radical (unpaired) electrons. The molecule has 1 aromatic heterocycles. The van der Waals surface area contributed by atoms with Gasteiger partial charge in [0.1, 0.15) is 0 Å². The third-order valence-corrected chi connectivity index (χ3v) is 8.95. The summed E-state index contributed by atoms with van der Waals surface area (Å²) in [5.41, 5.74) is 6.31. The van der Waals surface area contributed by atoms with Crippen molar-refractivity contribution >= 4 is 22.8 Å². The number of carbonyl (C=O) groups excluding carboxylic acids is 1. The molecular weight excluding hydrogens is 448 g/mol. The van der Waals surface area contributed by atoms with Crippen molar-refractivity contribution < 1.29 is 14.7 Å². The maximum absolute atomic E-state index is 13.9. The van der Waals surface area contributed by atoms with Gasteiger partial charge in [0.05, 0.1) is 17.2 Å². The molecule has 3 aliphatic rings. The lowest BCUT2D eigenvalue weighted by Crippen LogP contribution is -2.42. The van der Waals surface area contributed by atoms with Gasteiger partial charge in [-0.05, 0) is 67.2 Å². The van der Waals surface area contributed by atoms with Crippen LogP contribution in [0.1, 0.15) is 79.3 Å². The number of aromatic nitrogens is 1. The zero-order valence-corrected chi connectivity index (χ0v) is 21.2. The number of benzene rings is 2. The Morgan fingerprint density at radius 2 is 1.69 bits per heavy atom. The molecule has 1 saturated heterocycles. The van der Waals surface area contributed by atoms with Crippen molar-refractivity contribution in [2.75, 3.05) is 13.1 Å². The van der Waals surface area contributed by atoms with Crippen molar-refractivity contribution in [1.29, 1.82) is 0 Å². The molecule has 3 aromatic rings. The Kier molecular flexibility index (Phi) is 6.10. The van der Waals surface area contributed by atoms with Crippen LogP contribution in [0.3, 0.4) is 0 Å². The minimum atomic E-state index is -0.907. The van der Waals surface area contributed by atoms with Gasteiger partial charge in [-0.2, -0.15) is 0 Å². The number of likely N-dealkylation sites (tertiary alicyclic amines) is 1. The summed E-state index contributed by atoms with van der Waals surface area (Å²) in [6.07, 6.45) is 8.97. The van der Waals surface area contributed by atoms with E-state index in [4.69, 9.17) is 0 Å². The number of carboxylic acid groups (broad SMARTS) is 1. The number of hydrogen-bond acceptors (Lipinski definition) is 2. The summed E-state index contributed by atoms with van der Waals surface area (Å²) in [6, 6.07) is 14.2. The first kappa shape index (κ1) is 23.3. The monoisotopic (exact) mass is 484 g/mol. The van der Waals surface area contributed by atoms with Crippen LogP contribution in [-0.2, 0) is 17.8 Å². The van der Waals surface area contributed by atoms with Crippen LogP contribution in [-0.4, -0.2) is 39.5 Å². The van der Waals surface area contributed by atoms with E-state index in [2.05, 4.69) is 40.7 Å². The molecule has 1 saturated carbocycles. The predicted octanol–water partition coefficient (Wildman–Crippen LogP) is 6.49. The molecule has 2 fully saturated rings. The smallest absolute Gasteiger partial charge is 0.335 e. The van der Waals surface area contributed by atoms with Gasteiger partial charge in [-0.25, -0.2) is 4.79 Å². The van der Waals surface area contributed by atoms with Crippen LogP contribution in [0.15, 0.2) is 42.5 Å². The Morgan fingerprint density at radius 1 is 0.944 bits per heavy atom. The summed E-state index contributed by atoms with van der Waals surface area (Å²) >= 11 is 0. The maximum atomic E-state index is 13.9. The van der Waals surface area contributed by atoms with Gasteiger partial charge in [0.2, 0.25) is 5.91 Å². The average Bonchev–Trinajstić information content (AvgIpc) is 3.11. The van der Waals surface area contributed by atoms with Crippen LogP contribution in [0.2, 0.25) is 0 Å². The van der Waals surface area contributed by atoms with Crippen LogP contribution >= 0.6 is 0 Å². The van der Waals surface area contributed by atoms with Gasteiger partial charge in [0, 0.05) is 36.1 Å². The third kappa shape index (κ3) is 4.03. The van der Waals surface area contributed by atoms with E-state index in [1.54, 1.807) is 6.07 Å². The third-order valence-electron chi connectivity index (χ3n) is 8.95. The first-order chi connectivity index (χ1) is 17.5. The minimum Gasteiger partial charge on any atom is -0.478 e. The second-order valence-corrected chi connectivity index (χ2v) is 11.3. The fourth-order valence-corrected chi connectivity index (χ4v) is 6.93. The quantitative estimate of drug-likeness (QED) is 0.462. The number of fused-ring (bicyclic) bond motifs is 5. The molecule has 36 heavy (non-hydrogen) atoms. The van der Waals surface area contributed by atoms with Crippen molar-refractivity contribution in [3.05, 3.63) is 59.2 Å². The van der Waals surface area contributed by atoms with Crippen molar-refractivity contribution in [3.63, 3.8) is 0 Å². The molecule has 0 spiro atoms. The van der Waals surface area contributed by atoms with Crippen molar-refractivity contribution in [3.8, 4) is 11.3 Å². The summed E-state index contributed by atoms with van der Waals surface area (Å²) in [7, 11) is 0. The molecular formula is C31H36N2O3.